The summed E-state index contributed by atoms with van der Waals surface area (Å²) in [4.78, 5) is 18.5. The van der Waals surface area contributed by atoms with E-state index in [2.05, 4.69) is 29.8 Å². The Morgan fingerprint density at radius 2 is 1.81 bits per heavy atom. The minimum atomic E-state index is -0.300. The van der Waals surface area contributed by atoms with Crippen LogP contribution in [0.4, 0.5) is 0 Å². The zero-order valence-corrected chi connectivity index (χ0v) is 18.8. The predicted molar refractivity (Wildman–Crippen MR) is 125 cm³/mol. The van der Waals surface area contributed by atoms with E-state index in [1.807, 2.05) is 42.5 Å². The van der Waals surface area contributed by atoms with Crippen LogP contribution in [0.1, 0.15) is 58.4 Å². The molecule has 1 aromatic heterocycles. The molecule has 1 aliphatic carbocycles. The first-order valence-electron chi connectivity index (χ1n) is 11.5. The molecule has 5 nitrogen and oxygen atoms in total. The lowest BCUT2D eigenvalue weighted by molar-refractivity contribution is -0.125. The quantitative estimate of drug-likeness (QED) is 0.531. The highest BCUT2D eigenvalue weighted by atomic mass is 16.5. The van der Waals surface area contributed by atoms with Crippen LogP contribution in [-0.2, 0) is 4.79 Å². The Labute approximate surface area is 184 Å². The number of benzene rings is 2. The summed E-state index contributed by atoms with van der Waals surface area (Å²) in [5.41, 5.74) is 2.89. The zero-order valence-electron chi connectivity index (χ0n) is 18.8. The molecule has 1 fully saturated rings. The topological polar surface area (TPSA) is 56.2 Å². The molecule has 3 aromatic rings. The van der Waals surface area contributed by atoms with Gasteiger partial charge in [-0.25, -0.2) is 4.98 Å². The summed E-state index contributed by atoms with van der Waals surface area (Å²) in [5.74, 6) is 2.12. The largest absolute Gasteiger partial charge is 0.497 e. The summed E-state index contributed by atoms with van der Waals surface area (Å²) in [6.07, 6.45) is 6.60. The van der Waals surface area contributed by atoms with Crippen molar-refractivity contribution in [2.24, 2.45) is 5.92 Å². The van der Waals surface area contributed by atoms with Gasteiger partial charge >= 0.3 is 0 Å². The van der Waals surface area contributed by atoms with Crippen molar-refractivity contribution < 1.29 is 9.53 Å². The normalized spacial score (nSPS) is 15.9. The fourth-order valence-corrected chi connectivity index (χ4v) is 4.62. The minimum absolute atomic E-state index is 0.110. The molecule has 0 bridgehead atoms. The van der Waals surface area contributed by atoms with Crippen LogP contribution >= 0.6 is 0 Å². The number of para-hydroxylation sites is 2. The Balaban J connectivity index is 1.77. The van der Waals surface area contributed by atoms with E-state index in [9.17, 15) is 4.79 Å². The van der Waals surface area contributed by atoms with E-state index in [4.69, 9.17) is 9.72 Å². The number of hydrogen-bond donors (Lipinski definition) is 1. The van der Waals surface area contributed by atoms with Crippen LogP contribution in [0.5, 0.6) is 5.75 Å². The molecule has 4 rings (SSSR count). The number of nitrogens with one attached hydrogen (secondary N) is 1. The van der Waals surface area contributed by atoms with Crippen LogP contribution in [0.2, 0.25) is 0 Å². The summed E-state index contributed by atoms with van der Waals surface area (Å²) < 4.78 is 7.47. The van der Waals surface area contributed by atoms with Gasteiger partial charge in [0.05, 0.1) is 18.1 Å². The summed E-state index contributed by atoms with van der Waals surface area (Å²) in [6, 6.07) is 16.0. The van der Waals surface area contributed by atoms with Crippen LogP contribution in [0.3, 0.4) is 0 Å². The number of hydrogen-bond acceptors (Lipinski definition) is 3. The minimum Gasteiger partial charge on any atom is -0.497 e. The van der Waals surface area contributed by atoms with Gasteiger partial charge in [-0.3, -0.25) is 4.79 Å². The highest BCUT2D eigenvalue weighted by Gasteiger charge is 2.29. The van der Waals surface area contributed by atoms with E-state index in [1.54, 1.807) is 7.11 Å². The molecular formula is C26H33N3O2. The van der Waals surface area contributed by atoms with E-state index < -0.39 is 0 Å². The number of carbonyl (C=O) groups excluding carboxylic acids is 1. The Morgan fingerprint density at radius 3 is 2.48 bits per heavy atom. The van der Waals surface area contributed by atoms with E-state index in [0.29, 0.717) is 5.92 Å². The maximum Gasteiger partial charge on any atom is 0.243 e. The number of fused-ring (bicyclic) bond motifs is 1. The van der Waals surface area contributed by atoms with Crippen molar-refractivity contribution in [1.29, 1.82) is 0 Å². The molecular weight excluding hydrogens is 386 g/mol. The summed E-state index contributed by atoms with van der Waals surface area (Å²) >= 11 is 0. The fourth-order valence-electron chi connectivity index (χ4n) is 4.62. The highest BCUT2D eigenvalue weighted by Crippen LogP contribution is 2.32. The monoisotopic (exact) mass is 419 g/mol. The summed E-state index contributed by atoms with van der Waals surface area (Å²) in [5, 5.41) is 3.37. The second-order valence-electron chi connectivity index (χ2n) is 9.01. The molecule has 1 saturated carbocycles. The Kier molecular flexibility index (Phi) is 6.59. The number of nitrogens with zero attached hydrogens (tertiary/aromatic N) is 2. The van der Waals surface area contributed by atoms with Gasteiger partial charge in [0.2, 0.25) is 5.91 Å². The van der Waals surface area contributed by atoms with Crippen molar-refractivity contribution in [2.75, 3.05) is 7.11 Å². The maximum atomic E-state index is 13.6. The first kappa shape index (κ1) is 21.4. The highest BCUT2D eigenvalue weighted by molar-refractivity contribution is 5.87. The maximum absolute atomic E-state index is 13.6. The van der Waals surface area contributed by atoms with Gasteiger partial charge in [-0.15, -0.1) is 0 Å². The first-order valence-corrected chi connectivity index (χ1v) is 11.5. The Bertz CT molecular complexity index is 1020. The van der Waals surface area contributed by atoms with Crippen LogP contribution < -0.4 is 10.1 Å². The van der Waals surface area contributed by atoms with Crippen LogP contribution in [-0.4, -0.2) is 28.6 Å². The third kappa shape index (κ3) is 4.76. The van der Waals surface area contributed by atoms with E-state index >= 15 is 0 Å². The lowest BCUT2D eigenvalue weighted by Crippen LogP contribution is -2.41. The number of aromatic nitrogens is 2. The Hall–Kier alpha value is -2.82. The van der Waals surface area contributed by atoms with Gasteiger partial charge in [0.25, 0.3) is 0 Å². The van der Waals surface area contributed by atoms with Gasteiger partial charge in [-0.05, 0) is 61.6 Å². The zero-order chi connectivity index (χ0) is 21.8. The third-order valence-corrected chi connectivity index (χ3v) is 6.20. The van der Waals surface area contributed by atoms with Crippen molar-refractivity contribution in [2.45, 2.75) is 64.5 Å². The molecule has 31 heavy (non-hydrogen) atoms. The van der Waals surface area contributed by atoms with Crippen molar-refractivity contribution in [3.63, 3.8) is 0 Å². The average Bonchev–Trinajstić information content (AvgIpc) is 3.17. The molecule has 1 amide bonds. The number of methoxy groups -OCH3 is 1. The van der Waals surface area contributed by atoms with Gasteiger partial charge in [-0.2, -0.15) is 0 Å². The predicted octanol–water partition coefficient (Wildman–Crippen LogP) is 5.75. The molecule has 0 saturated heterocycles. The number of amides is 1. The summed E-state index contributed by atoms with van der Waals surface area (Å²) in [6.45, 7) is 4.35. The molecule has 1 heterocycles. The lowest BCUT2D eigenvalue weighted by Gasteiger charge is -2.28. The second-order valence-corrected chi connectivity index (χ2v) is 9.01. The molecule has 0 radical (unpaired) electrons. The molecule has 5 heteroatoms. The van der Waals surface area contributed by atoms with Crippen molar-refractivity contribution >= 4 is 16.9 Å². The van der Waals surface area contributed by atoms with Gasteiger partial charge < -0.3 is 14.6 Å². The Morgan fingerprint density at radius 1 is 1.10 bits per heavy atom. The van der Waals surface area contributed by atoms with Crippen molar-refractivity contribution in [1.82, 2.24) is 14.9 Å². The standard InChI is InChI=1S/C26H33N3O2/c1-18(2)17-24(26(30)27-20-9-5-4-6-10-20)29-23-12-8-7-11-22(23)28-25(29)19-13-15-21(31-3)16-14-19/h7-8,11-16,18,20,24H,4-6,9-10,17H2,1-3H3,(H,27,30). The van der Waals surface area contributed by atoms with E-state index in [-0.39, 0.29) is 18.0 Å². The molecule has 0 spiro atoms. The molecule has 1 N–H and O–H groups in total. The van der Waals surface area contributed by atoms with E-state index in [0.717, 1.165) is 47.4 Å². The van der Waals surface area contributed by atoms with Gasteiger partial charge in [0.1, 0.15) is 17.6 Å². The number of rotatable bonds is 7. The first-order chi connectivity index (χ1) is 15.1. The van der Waals surface area contributed by atoms with Gasteiger partial charge in [0, 0.05) is 11.6 Å². The van der Waals surface area contributed by atoms with Crippen LogP contribution in [0.25, 0.3) is 22.4 Å². The molecule has 1 aliphatic rings. The number of carbonyl (C=O) groups is 1. The lowest BCUT2D eigenvalue weighted by atomic mass is 9.94. The molecule has 164 valence electrons. The summed E-state index contributed by atoms with van der Waals surface area (Å²) in [7, 11) is 1.67. The number of ether oxygens (including phenoxy) is 1. The average molecular weight is 420 g/mol. The second kappa shape index (κ2) is 9.54. The van der Waals surface area contributed by atoms with Gasteiger partial charge in [-0.1, -0.05) is 45.2 Å². The molecule has 1 unspecified atom stereocenters. The van der Waals surface area contributed by atoms with Crippen molar-refractivity contribution in [3.8, 4) is 17.1 Å². The van der Waals surface area contributed by atoms with E-state index in [1.165, 1.54) is 19.3 Å². The third-order valence-electron chi connectivity index (χ3n) is 6.20. The van der Waals surface area contributed by atoms with Crippen LogP contribution in [0.15, 0.2) is 48.5 Å². The molecule has 2 aromatic carbocycles. The number of imidazole rings is 1. The fraction of sp³-hybridized carbons (Fsp3) is 0.462. The van der Waals surface area contributed by atoms with Crippen molar-refractivity contribution in [3.05, 3.63) is 48.5 Å². The molecule has 0 aliphatic heterocycles. The SMILES string of the molecule is COc1ccc(-c2nc3ccccc3n2C(CC(C)C)C(=O)NC2CCCCC2)cc1. The van der Waals surface area contributed by atoms with Crippen LogP contribution in [0, 0.1) is 5.92 Å². The smallest absolute Gasteiger partial charge is 0.243 e. The van der Waals surface area contributed by atoms with Gasteiger partial charge in [0.15, 0.2) is 0 Å². The molecule has 1 atom stereocenters.